The van der Waals surface area contributed by atoms with Gasteiger partial charge in [0.2, 0.25) is 5.91 Å². The minimum atomic E-state index is -1.05. The van der Waals surface area contributed by atoms with Crippen LogP contribution in [0.2, 0.25) is 0 Å². The number of nitrogens with one attached hydrogen (secondary N) is 2. The fourth-order valence-corrected chi connectivity index (χ4v) is 5.80. The Morgan fingerprint density at radius 2 is 1.52 bits per heavy atom. The number of hydrogen-bond donors (Lipinski definition) is 4. The molecule has 8 heteroatoms. The molecule has 1 aliphatic rings. The Balaban J connectivity index is 1.57. The Hall–Kier alpha value is -3.72. The average Bonchev–Trinajstić information content (AvgIpc) is 3.27. The molecule has 8 nitrogen and oxygen atoms in total. The van der Waals surface area contributed by atoms with Gasteiger partial charge in [-0.3, -0.25) is 4.79 Å². The van der Waals surface area contributed by atoms with Crippen molar-refractivity contribution in [2.45, 2.75) is 82.9 Å². The first-order valence-corrected chi connectivity index (χ1v) is 15.4. The van der Waals surface area contributed by atoms with Crippen LogP contribution in [0.4, 0.5) is 4.79 Å². The first-order valence-electron chi connectivity index (χ1n) is 15.4. The normalized spacial score (nSPS) is 18.3. The largest absolute Gasteiger partial charge is 0.444 e. The van der Waals surface area contributed by atoms with Crippen molar-refractivity contribution in [3.8, 4) is 0 Å². The molecule has 4 N–H and O–H groups in total. The number of carbonyl (C=O) groups excluding carboxylic acids is 2. The van der Waals surface area contributed by atoms with E-state index < -0.39 is 41.9 Å². The summed E-state index contributed by atoms with van der Waals surface area (Å²) in [4.78, 5) is 28.9. The molecular weight excluding hydrogens is 554 g/mol. The number of aliphatic hydroxyl groups excluding tert-OH is 2. The van der Waals surface area contributed by atoms with Crippen molar-refractivity contribution in [3.05, 3.63) is 107 Å². The van der Waals surface area contributed by atoms with Gasteiger partial charge in [0.05, 0.1) is 24.3 Å². The number of hydrogen-bond acceptors (Lipinski definition) is 6. The number of aliphatic hydroxyl groups is 2. The summed E-state index contributed by atoms with van der Waals surface area (Å²) in [5, 5.41) is 28.4. The molecule has 44 heavy (non-hydrogen) atoms. The lowest BCUT2D eigenvalue weighted by molar-refractivity contribution is -0.127. The van der Waals surface area contributed by atoms with Gasteiger partial charge in [-0.2, -0.15) is 0 Å². The molecule has 0 aromatic heterocycles. The summed E-state index contributed by atoms with van der Waals surface area (Å²) in [7, 11) is 4.03. The van der Waals surface area contributed by atoms with Crippen LogP contribution >= 0.6 is 0 Å². The summed E-state index contributed by atoms with van der Waals surface area (Å²) >= 11 is 0. The number of ether oxygens (including phenoxy) is 1. The molecule has 0 heterocycles. The third kappa shape index (κ3) is 9.64. The minimum absolute atomic E-state index is 0.100. The third-order valence-corrected chi connectivity index (χ3v) is 7.87. The molecule has 5 atom stereocenters. The second-order valence-corrected chi connectivity index (χ2v) is 13.2. The van der Waals surface area contributed by atoms with Crippen molar-refractivity contribution in [2.24, 2.45) is 5.92 Å². The molecule has 236 valence electrons. The molecule has 0 saturated heterocycles. The molecule has 0 fully saturated rings. The van der Waals surface area contributed by atoms with Crippen molar-refractivity contribution in [1.29, 1.82) is 0 Å². The number of carbonyl (C=O) groups is 2. The van der Waals surface area contributed by atoms with Crippen LogP contribution in [-0.4, -0.2) is 65.1 Å². The van der Waals surface area contributed by atoms with Gasteiger partial charge in [0.15, 0.2) is 0 Å². The Kier molecular flexibility index (Phi) is 11.2. The van der Waals surface area contributed by atoms with Crippen molar-refractivity contribution >= 4 is 12.0 Å². The zero-order valence-electron chi connectivity index (χ0n) is 26.5. The van der Waals surface area contributed by atoms with Crippen LogP contribution in [0.25, 0.3) is 0 Å². The van der Waals surface area contributed by atoms with Gasteiger partial charge in [0.25, 0.3) is 0 Å². The van der Waals surface area contributed by atoms with Gasteiger partial charge in [-0.25, -0.2) is 4.79 Å². The van der Waals surface area contributed by atoms with E-state index in [2.05, 4.69) is 27.7 Å². The lowest BCUT2D eigenvalue weighted by Gasteiger charge is -2.30. The van der Waals surface area contributed by atoms with Crippen LogP contribution < -0.4 is 10.6 Å². The summed E-state index contributed by atoms with van der Waals surface area (Å²) < 4.78 is 5.50. The van der Waals surface area contributed by atoms with Gasteiger partial charge in [-0.15, -0.1) is 0 Å². The van der Waals surface area contributed by atoms with Gasteiger partial charge >= 0.3 is 6.09 Å². The molecule has 4 rings (SSSR count). The van der Waals surface area contributed by atoms with E-state index in [-0.39, 0.29) is 12.3 Å². The Morgan fingerprint density at radius 3 is 2.18 bits per heavy atom. The summed E-state index contributed by atoms with van der Waals surface area (Å²) in [6.07, 6.45) is -1.08. The van der Waals surface area contributed by atoms with Gasteiger partial charge < -0.3 is 30.5 Å². The number of rotatable bonds is 12. The predicted molar refractivity (Wildman–Crippen MR) is 172 cm³/mol. The first-order chi connectivity index (χ1) is 20.9. The van der Waals surface area contributed by atoms with E-state index >= 15 is 0 Å². The molecule has 0 aliphatic heterocycles. The first kappa shape index (κ1) is 33.2. The van der Waals surface area contributed by atoms with Crippen LogP contribution in [0.3, 0.4) is 0 Å². The topological polar surface area (TPSA) is 111 Å². The molecule has 3 aromatic rings. The highest BCUT2D eigenvalue weighted by molar-refractivity contribution is 5.80. The molecule has 0 bridgehead atoms. The van der Waals surface area contributed by atoms with E-state index in [9.17, 15) is 19.8 Å². The van der Waals surface area contributed by atoms with Gasteiger partial charge in [0.1, 0.15) is 5.60 Å². The monoisotopic (exact) mass is 601 g/mol. The highest BCUT2D eigenvalue weighted by atomic mass is 16.6. The number of amides is 2. The maximum atomic E-state index is 13.9. The molecule has 3 aromatic carbocycles. The summed E-state index contributed by atoms with van der Waals surface area (Å²) in [5.74, 6) is -0.874. The Morgan fingerprint density at radius 1 is 0.909 bits per heavy atom. The number of nitrogens with zero attached hydrogens (tertiary/aromatic N) is 1. The quantitative estimate of drug-likeness (QED) is 0.242. The van der Waals surface area contributed by atoms with Gasteiger partial charge in [-0.1, -0.05) is 78.9 Å². The van der Waals surface area contributed by atoms with Crippen LogP contribution in [0.5, 0.6) is 0 Å². The van der Waals surface area contributed by atoms with Crippen LogP contribution in [0.15, 0.2) is 78.9 Å². The molecule has 1 aliphatic carbocycles. The van der Waals surface area contributed by atoms with Crippen LogP contribution in [0, 0.1) is 5.92 Å². The highest BCUT2D eigenvalue weighted by Gasteiger charge is 2.35. The minimum Gasteiger partial charge on any atom is -0.444 e. The molecule has 0 radical (unpaired) electrons. The van der Waals surface area contributed by atoms with Crippen molar-refractivity contribution in [3.63, 3.8) is 0 Å². The molecular formula is C36H47N3O5. The maximum Gasteiger partial charge on any atom is 0.407 e. The SMILES string of the molecule is CN(C)Cc1ccc(C[C@H](C[C@H](O)[C@H](Cc2ccccc2)NC(=O)OC(C)(C)C)C(=O)N[C@H]2c3ccccc3C[C@H]2O)cc1. The maximum absolute atomic E-state index is 13.9. The van der Waals surface area contributed by atoms with Gasteiger partial charge in [0, 0.05) is 18.9 Å². The average molecular weight is 602 g/mol. The van der Waals surface area contributed by atoms with E-state index in [1.807, 2.05) is 80.8 Å². The fourth-order valence-electron chi connectivity index (χ4n) is 5.80. The number of fused-ring (bicyclic) bond motifs is 1. The molecule has 0 unspecified atom stereocenters. The fraction of sp³-hybridized carbons (Fsp3) is 0.444. The third-order valence-electron chi connectivity index (χ3n) is 7.87. The summed E-state index contributed by atoms with van der Waals surface area (Å²) in [6, 6.07) is 24.3. The zero-order valence-corrected chi connectivity index (χ0v) is 26.5. The lowest BCUT2D eigenvalue weighted by atomic mass is 9.88. The molecule has 2 amide bonds. The van der Waals surface area contributed by atoms with E-state index in [4.69, 9.17) is 4.74 Å². The van der Waals surface area contributed by atoms with E-state index in [1.165, 1.54) is 0 Å². The second kappa shape index (κ2) is 14.8. The Bertz CT molecular complexity index is 1370. The standard InChI is InChI=1S/C36H47N3O5/c1-36(2,3)44-35(43)37-30(20-24-11-7-6-8-12-24)31(40)22-28(19-25-15-17-26(18-16-25)23-39(4)5)34(42)38-33-29-14-10-9-13-27(29)21-32(33)41/h6-18,28,30-33,40-41H,19-23H2,1-5H3,(H,37,43)(H,38,42)/t28-,30+,31+,32-,33+/m1/s1. The van der Waals surface area contributed by atoms with Gasteiger partial charge in [-0.05, 0) is 81.9 Å². The van der Waals surface area contributed by atoms with E-state index in [0.717, 1.165) is 34.4 Å². The lowest BCUT2D eigenvalue weighted by Crippen LogP contribution is -2.48. The van der Waals surface area contributed by atoms with E-state index in [1.54, 1.807) is 20.8 Å². The summed E-state index contributed by atoms with van der Waals surface area (Å²) in [5.41, 5.74) is 4.29. The molecule has 0 spiro atoms. The highest BCUT2D eigenvalue weighted by Crippen LogP contribution is 2.32. The van der Waals surface area contributed by atoms with Crippen LogP contribution in [-0.2, 0) is 35.3 Å². The predicted octanol–water partition coefficient (Wildman–Crippen LogP) is 4.57. The molecule has 0 saturated carbocycles. The number of benzene rings is 3. The second-order valence-electron chi connectivity index (χ2n) is 13.2. The van der Waals surface area contributed by atoms with Crippen molar-refractivity contribution in [2.75, 3.05) is 14.1 Å². The van der Waals surface area contributed by atoms with Crippen molar-refractivity contribution in [1.82, 2.24) is 15.5 Å². The summed E-state index contributed by atoms with van der Waals surface area (Å²) in [6.45, 7) is 6.17. The van der Waals surface area contributed by atoms with E-state index in [0.29, 0.717) is 19.3 Å². The van der Waals surface area contributed by atoms with Crippen LogP contribution in [0.1, 0.15) is 61.1 Å². The number of alkyl carbamates (subject to hydrolysis) is 1. The zero-order chi connectivity index (χ0) is 31.9. The smallest absolute Gasteiger partial charge is 0.407 e. The Labute approximate surface area is 261 Å². The van der Waals surface area contributed by atoms with Crippen molar-refractivity contribution < 1.29 is 24.5 Å².